The zero-order valence-corrected chi connectivity index (χ0v) is 5.73. The molecule has 0 radical (unpaired) electrons. The zero-order chi connectivity index (χ0) is 7.11. The van der Waals surface area contributed by atoms with Crippen LogP contribution in [0.5, 0.6) is 0 Å². The maximum atomic E-state index is 10.4. The molecule has 0 heterocycles. The first-order valence-corrected chi connectivity index (χ1v) is 2.74. The van der Waals surface area contributed by atoms with Crippen molar-refractivity contribution < 1.29 is 9.53 Å². The fourth-order valence-electron chi connectivity index (χ4n) is 0.318. The highest BCUT2D eigenvalue weighted by Crippen LogP contribution is 1.68. The molecule has 0 rings (SSSR count). The molecule has 2 N–H and O–H groups in total. The minimum atomic E-state index is -0.106. The second-order valence-electron chi connectivity index (χ2n) is 1.52. The molecular weight excluding hydrogens is 120 g/mol. The number of likely N-dealkylation sites (N-methyl/N-ethyl adjacent to an activating group) is 1. The molecule has 0 aromatic heterocycles. The minimum Gasteiger partial charge on any atom is -0.357 e. The van der Waals surface area contributed by atoms with Crippen molar-refractivity contribution in [2.75, 3.05) is 27.4 Å². The van der Waals surface area contributed by atoms with Crippen LogP contribution < -0.4 is 10.6 Å². The standard InChI is InChI=1S/C5H12N2O2/c1-6-4-9-3-5(8)7-2/h6H,3-4H2,1-2H3,(H,7,8). The Hall–Kier alpha value is -0.610. The lowest BCUT2D eigenvalue weighted by atomic mass is 10.7. The predicted molar refractivity (Wildman–Crippen MR) is 33.9 cm³/mol. The number of nitrogens with one attached hydrogen (secondary N) is 2. The van der Waals surface area contributed by atoms with Crippen molar-refractivity contribution in [3.8, 4) is 0 Å². The van der Waals surface area contributed by atoms with E-state index in [9.17, 15) is 4.79 Å². The summed E-state index contributed by atoms with van der Waals surface area (Å²) in [5, 5.41) is 5.18. The molecular formula is C5H12N2O2. The molecule has 0 fully saturated rings. The average Bonchev–Trinajstić information content (AvgIpc) is 1.89. The molecule has 0 aliphatic carbocycles. The van der Waals surface area contributed by atoms with Gasteiger partial charge >= 0.3 is 0 Å². The van der Waals surface area contributed by atoms with Gasteiger partial charge in [0.05, 0.1) is 6.73 Å². The van der Waals surface area contributed by atoms with Crippen molar-refractivity contribution in [1.29, 1.82) is 0 Å². The normalized spacial score (nSPS) is 9.11. The second-order valence-corrected chi connectivity index (χ2v) is 1.52. The highest BCUT2D eigenvalue weighted by Gasteiger charge is 1.93. The average molecular weight is 132 g/mol. The molecule has 0 aliphatic rings. The Labute approximate surface area is 54.6 Å². The summed E-state index contributed by atoms with van der Waals surface area (Å²) in [7, 11) is 3.33. The summed E-state index contributed by atoms with van der Waals surface area (Å²) >= 11 is 0. The van der Waals surface area contributed by atoms with Crippen LogP contribution in [-0.4, -0.2) is 33.3 Å². The van der Waals surface area contributed by atoms with Crippen LogP contribution in [0.2, 0.25) is 0 Å². The Bertz CT molecular complexity index is 85.0. The topological polar surface area (TPSA) is 50.4 Å². The lowest BCUT2D eigenvalue weighted by Crippen LogP contribution is -2.25. The van der Waals surface area contributed by atoms with Crippen molar-refractivity contribution >= 4 is 5.91 Å². The molecule has 0 atom stereocenters. The van der Waals surface area contributed by atoms with Crippen molar-refractivity contribution in [1.82, 2.24) is 10.6 Å². The van der Waals surface area contributed by atoms with Gasteiger partial charge in [-0.3, -0.25) is 10.1 Å². The van der Waals surface area contributed by atoms with E-state index in [-0.39, 0.29) is 12.5 Å². The van der Waals surface area contributed by atoms with Gasteiger partial charge in [0.1, 0.15) is 6.61 Å². The summed E-state index contributed by atoms with van der Waals surface area (Å²) in [5.74, 6) is -0.106. The number of hydrogen-bond donors (Lipinski definition) is 2. The molecule has 0 aromatic carbocycles. The molecule has 0 aliphatic heterocycles. The molecule has 0 bridgehead atoms. The van der Waals surface area contributed by atoms with Crippen molar-refractivity contribution in [3.63, 3.8) is 0 Å². The van der Waals surface area contributed by atoms with Gasteiger partial charge in [-0.15, -0.1) is 0 Å². The first kappa shape index (κ1) is 8.39. The van der Waals surface area contributed by atoms with E-state index >= 15 is 0 Å². The molecule has 0 unspecified atom stereocenters. The molecule has 0 saturated carbocycles. The van der Waals surface area contributed by atoms with Crippen LogP contribution in [-0.2, 0) is 9.53 Å². The van der Waals surface area contributed by atoms with Crippen LogP contribution in [0, 0.1) is 0 Å². The van der Waals surface area contributed by atoms with Crippen LogP contribution in [0.25, 0.3) is 0 Å². The number of ether oxygens (including phenoxy) is 1. The van der Waals surface area contributed by atoms with E-state index < -0.39 is 0 Å². The monoisotopic (exact) mass is 132 g/mol. The van der Waals surface area contributed by atoms with Gasteiger partial charge in [0.15, 0.2) is 0 Å². The molecule has 1 amide bonds. The molecule has 54 valence electrons. The molecule has 4 nitrogen and oxygen atoms in total. The molecule has 0 aromatic rings. The van der Waals surface area contributed by atoms with Crippen LogP contribution in [0.3, 0.4) is 0 Å². The zero-order valence-electron chi connectivity index (χ0n) is 5.73. The maximum Gasteiger partial charge on any atom is 0.245 e. The van der Waals surface area contributed by atoms with Crippen LogP contribution in [0.15, 0.2) is 0 Å². The lowest BCUT2D eigenvalue weighted by molar-refractivity contribution is -0.125. The van der Waals surface area contributed by atoms with Gasteiger partial charge in [0.25, 0.3) is 0 Å². The Kier molecular flexibility index (Phi) is 5.15. The van der Waals surface area contributed by atoms with E-state index in [0.717, 1.165) is 0 Å². The van der Waals surface area contributed by atoms with E-state index in [1.165, 1.54) is 0 Å². The Morgan fingerprint density at radius 3 is 2.67 bits per heavy atom. The van der Waals surface area contributed by atoms with Gasteiger partial charge in [0.2, 0.25) is 5.91 Å². The smallest absolute Gasteiger partial charge is 0.245 e. The van der Waals surface area contributed by atoms with Gasteiger partial charge in [-0.1, -0.05) is 0 Å². The third-order valence-electron chi connectivity index (χ3n) is 0.758. The van der Waals surface area contributed by atoms with E-state index in [1.54, 1.807) is 14.1 Å². The van der Waals surface area contributed by atoms with E-state index in [2.05, 4.69) is 10.6 Å². The molecule has 0 saturated heterocycles. The van der Waals surface area contributed by atoms with Crippen molar-refractivity contribution in [2.45, 2.75) is 0 Å². The Balaban J connectivity index is 2.97. The summed E-state index contributed by atoms with van der Waals surface area (Å²) in [6, 6.07) is 0. The molecule has 4 heteroatoms. The van der Waals surface area contributed by atoms with Crippen molar-refractivity contribution in [2.24, 2.45) is 0 Å². The van der Waals surface area contributed by atoms with Gasteiger partial charge in [-0.05, 0) is 7.05 Å². The fourth-order valence-corrected chi connectivity index (χ4v) is 0.318. The molecule has 0 spiro atoms. The summed E-state index contributed by atoms with van der Waals surface area (Å²) in [6.07, 6.45) is 0. The molecule has 9 heavy (non-hydrogen) atoms. The summed E-state index contributed by atoms with van der Waals surface area (Å²) < 4.78 is 4.81. The SMILES string of the molecule is CNCOCC(=O)NC. The fraction of sp³-hybridized carbons (Fsp3) is 0.800. The van der Waals surface area contributed by atoms with Gasteiger partial charge in [-0.25, -0.2) is 0 Å². The van der Waals surface area contributed by atoms with Gasteiger partial charge in [0, 0.05) is 7.05 Å². The highest BCUT2D eigenvalue weighted by molar-refractivity contribution is 5.76. The third-order valence-corrected chi connectivity index (χ3v) is 0.758. The van der Waals surface area contributed by atoms with Gasteiger partial charge in [-0.2, -0.15) is 0 Å². The number of amides is 1. The van der Waals surface area contributed by atoms with Crippen LogP contribution in [0.1, 0.15) is 0 Å². The summed E-state index contributed by atoms with van der Waals surface area (Å²) in [5.41, 5.74) is 0. The van der Waals surface area contributed by atoms with E-state index in [1.807, 2.05) is 0 Å². The van der Waals surface area contributed by atoms with Crippen molar-refractivity contribution in [3.05, 3.63) is 0 Å². The summed E-state index contributed by atoms with van der Waals surface area (Å²) in [6.45, 7) is 0.532. The minimum absolute atomic E-state index is 0.106. The first-order chi connectivity index (χ1) is 4.31. The Morgan fingerprint density at radius 1 is 1.56 bits per heavy atom. The quantitative estimate of drug-likeness (QED) is 0.378. The lowest BCUT2D eigenvalue weighted by Gasteiger charge is -1.99. The highest BCUT2D eigenvalue weighted by atomic mass is 16.5. The first-order valence-electron chi connectivity index (χ1n) is 2.74. The summed E-state index contributed by atoms with van der Waals surface area (Å²) in [4.78, 5) is 10.4. The number of hydrogen-bond acceptors (Lipinski definition) is 3. The maximum absolute atomic E-state index is 10.4. The van der Waals surface area contributed by atoms with E-state index in [0.29, 0.717) is 6.73 Å². The predicted octanol–water partition coefficient (Wildman–Crippen LogP) is -1.07. The van der Waals surface area contributed by atoms with Gasteiger partial charge < -0.3 is 10.1 Å². The number of carbonyl (C=O) groups excluding carboxylic acids is 1. The largest absolute Gasteiger partial charge is 0.357 e. The van der Waals surface area contributed by atoms with Crippen LogP contribution >= 0.6 is 0 Å². The Morgan fingerprint density at radius 2 is 2.22 bits per heavy atom. The van der Waals surface area contributed by atoms with Crippen LogP contribution in [0.4, 0.5) is 0 Å². The van der Waals surface area contributed by atoms with E-state index in [4.69, 9.17) is 4.74 Å². The third kappa shape index (κ3) is 5.26. The number of carbonyl (C=O) groups is 1. The second kappa shape index (κ2) is 5.53. The number of rotatable bonds is 4.